The normalized spacial score (nSPS) is 12.1. The second-order valence-corrected chi connectivity index (χ2v) is 6.21. The lowest BCUT2D eigenvalue weighted by Crippen LogP contribution is -2.11. The summed E-state index contributed by atoms with van der Waals surface area (Å²) < 4.78 is 27.9. The quantitative estimate of drug-likeness (QED) is 0.760. The highest BCUT2D eigenvalue weighted by Gasteiger charge is 2.22. The molecule has 7 heteroatoms. The first-order valence-corrected chi connectivity index (χ1v) is 8.55. The number of hydrogen-bond donors (Lipinski definition) is 2. The molecule has 0 saturated carbocycles. The number of carboxylic acid groups (broad SMARTS) is 1. The van der Waals surface area contributed by atoms with E-state index in [1.54, 1.807) is 30.3 Å². The van der Waals surface area contributed by atoms with E-state index >= 15 is 0 Å². The lowest BCUT2D eigenvalue weighted by Gasteiger charge is -2.15. The molecule has 0 spiro atoms. The Bertz CT molecular complexity index is 975. The van der Waals surface area contributed by atoms with Crippen LogP contribution >= 0.6 is 0 Å². The number of para-hydroxylation sites is 1. The van der Waals surface area contributed by atoms with Crippen LogP contribution in [-0.4, -0.2) is 26.5 Å². The third kappa shape index (κ3) is 2.98. The summed E-state index contributed by atoms with van der Waals surface area (Å²) in [4.78, 5) is 16.3. The average molecular weight is 344 g/mol. The van der Waals surface area contributed by atoms with E-state index in [0.29, 0.717) is 16.5 Å². The van der Waals surface area contributed by atoms with E-state index in [1.807, 2.05) is 0 Å². The van der Waals surface area contributed by atoms with Crippen LogP contribution < -0.4 is 4.72 Å². The van der Waals surface area contributed by atoms with Crippen LogP contribution in [0, 0.1) is 5.82 Å². The average Bonchev–Trinajstić information content (AvgIpc) is 2.53. The van der Waals surface area contributed by atoms with Crippen LogP contribution in [-0.2, 0) is 11.0 Å². The zero-order chi connectivity index (χ0) is 17.3. The van der Waals surface area contributed by atoms with Gasteiger partial charge in [0.25, 0.3) is 0 Å². The third-order valence-electron chi connectivity index (χ3n) is 3.45. The molecule has 2 N–H and O–H groups in total. The molecule has 1 aromatic heterocycles. The van der Waals surface area contributed by atoms with Crippen LogP contribution in [0.1, 0.15) is 10.4 Å². The van der Waals surface area contributed by atoms with Gasteiger partial charge in [0.15, 0.2) is 0 Å². The van der Waals surface area contributed by atoms with Crippen LogP contribution in [0.4, 0.5) is 10.1 Å². The molecule has 3 rings (SSSR count). The molecule has 0 saturated heterocycles. The van der Waals surface area contributed by atoms with Gasteiger partial charge in [-0.15, -0.1) is 0 Å². The number of aromatic nitrogens is 1. The number of halogens is 1. The summed E-state index contributed by atoms with van der Waals surface area (Å²) in [7, 11) is -1.52. The van der Waals surface area contributed by atoms with E-state index < -0.39 is 22.8 Å². The summed E-state index contributed by atoms with van der Waals surface area (Å²) in [5.41, 5.74) is 1.15. The maximum absolute atomic E-state index is 13.6. The number of rotatable bonds is 4. The zero-order valence-electron chi connectivity index (χ0n) is 12.6. The largest absolute Gasteiger partial charge is 0.478 e. The van der Waals surface area contributed by atoms with Gasteiger partial charge in [-0.2, -0.15) is 0 Å². The first kappa shape index (κ1) is 16.1. The van der Waals surface area contributed by atoms with Crippen LogP contribution in [0.15, 0.2) is 48.5 Å². The number of anilines is 1. The molecule has 24 heavy (non-hydrogen) atoms. The Balaban J connectivity index is 2.42. The Morgan fingerprint density at radius 3 is 2.62 bits per heavy atom. The van der Waals surface area contributed by atoms with Crippen LogP contribution in [0.2, 0.25) is 0 Å². The highest BCUT2D eigenvalue weighted by atomic mass is 32.2. The number of fused-ring (bicyclic) bond motifs is 1. The molecule has 2 aromatic carbocycles. The molecule has 1 atom stereocenters. The van der Waals surface area contributed by atoms with Crippen LogP contribution in [0.3, 0.4) is 0 Å². The topological polar surface area (TPSA) is 79.3 Å². The standard InChI is InChI=1S/C17H13FN2O3S/c1-24(23)20-16-14(17(21)22)12-7-2-3-8-13(12)19-15(16)10-5-4-6-11(18)9-10/h2-9,20H,1H3,(H,21,22). The molecular weight excluding hydrogens is 331 g/mol. The van der Waals surface area contributed by atoms with Gasteiger partial charge in [-0.05, 0) is 18.2 Å². The summed E-state index contributed by atoms with van der Waals surface area (Å²) in [6.07, 6.45) is 1.39. The van der Waals surface area contributed by atoms with Gasteiger partial charge < -0.3 is 9.83 Å². The lowest BCUT2D eigenvalue weighted by molar-refractivity contribution is 0.0700. The van der Waals surface area contributed by atoms with Gasteiger partial charge in [-0.1, -0.05) is 30.3 Å². The highest BCUT2D eigenvalue weighted by molar-refractivity contribution is 7.85. The maximum atomic E-state index is 13.6. The number of hydrogen-bond acceptors (Lipinski definition) is 3. The molecule has 5 nitrogen and oxygen atoms in total. The molecular formula is C17H13FN2O3S. The minimum absolute atomic E-state index is 0.0462. The van der Waals surface area contributed by atoms with Gasteiger partial charge in [0.05, 0.1) is 22.5 Å². The number of aromatic carboxylic acids is 1. The smallest absolute Gasteiger partial charge is 0.338 e. The van der Waals surface area contributed by atoms with E-state index in [1.165, 1.54) is 24.5 Å². The summed E-state index contributed by atoms with van der Waals surface area (Å²) >= 11 is 0. The van der Waals surface area contributed by atoms with Crippen molar-refractivity contribution in [2.24, 2.45) is 0 Å². The Hall–Kier alpha value is -2.80. The van der Waals surface area contributed by atoms with Crippen molar-refractivity contribution in [1.29, 1.82) is 0 Å². The van der Waals surface area contributed by atoms with Crippen LogP contribution in [0.25, 0.3) is 22.2 Å². The Kier molecular flexibility index (Phi) is 4.26. The number of carbonyl (C=O) groups is 1. The molecule has 1 unspecified atom stereocenters. The predicted molar refractivity (Wildman–Crippen MR) is 91.8 cm³/mol. The summed E-state index contributed by atoms with van der Waals surface area (Å²) in [5, 5.41) is 10.1. The molecule has 0 aliphatic heterocycles. The Morgan fingerprint density at radius 1 is 1.21 bits per heavy atom. The van der Waals surface area contributed by atoms with Crippen molar-refractivity contribution in [3.8, 4) is 11.3 Å². The first-order valence-electron chi connectivity index (χ1n) is 6.99. The summed E-state index contributed by atoms with van der Waals surface area (Å²) in [6.45, 7) is 0. The van der Waals surface area contributed by atoms with E-state index in [2.05, 4.69) is 9.71 Å². The third-order valence-corrected chi connectivity index (χ3v) is 3.94. The molecule has 0 bridgehead atoms. The van der Waals surface area contributed by atoms with Gasteiger partial charge in [-0.3, -0.25) is 0 Å². The van der Waals surface area contributed by atoms with Crippen molar-refractivity contribution in [1.82, 2.24) is 4.98 Å². The number of benzene rings is 2. The van der Waals surface area contributed by atoms with Crippen molar-refractivity contribution in [3.63, 3.8) is 0 Å². The predicted octanol–water partition coefficient (Wildman–Crippen LogP) is 3.44. The van der Waals surface area contributed by atoms with Gasteiger partial charge in [0.2, 0.25) is 0 Å². The van der Waals surface area contributed by atoms with Crippen molar-refractivity contribution in [2.75, 3.05) is 11.0 Å². The van der Waals surface area contributed by atoms with E-state index in [9.17, 15) is 18.5 Å². The van der Waals surface area contributed by atoms with Crippen molar-refractivity contribution in [3.05, 3.63) is 59.9 Å². The zero-order valence-corrected chi connectivity index (χ0v) is 13.4. The second kappa shape index (κ2) is 6.37. The molecule has 0 aliphatic carbocycles. The first-order chi connectivity index (χ1) is 11.5. The van der Waals surface area contributed by atoms with Crippen LogP contribution in [0.5, 0.6) is 0 Å². The summed E-state index contributed by atoms with van der Waals surface area (Å²) in [6, 6.07) is 12.4. The minimum atomic E-state index is -1.52. The monoisotopic (exact) mass is 344 g/mol. The minimum Gasteiger partial charge on any atom is -0.478 e. The Morgan fingerprint density at radius 2 is 1.96 bits per heavy atom. The highest BCUT2D eigenvalue weighted by Crippen LogP contribution is 2.35. The van der Waals surface area contributed by atoms with Gasteiger partial charge in [0.1, 0.15) is 16.8 Å². The molecule has 3 aromatic rings. The molecule has 0 fully saturated rings. The van der Waals surface area contributed by atoms with Crippen molar-refractivity contribution < 1.29 is 18.5 Å². The van der Waals surface area contributed by atoms with Gasteiger partial charge in [-0.25, -0.2) is 18.4 Å². The molecule has 0 amide bonds. The second-order valence-electron chi connectivity index (χ2n) is 5.10. The maximum Gasteiger partial charge on any atom is 0.338 e. The fourth-order valence-electron chi connectivity index (χ4n) is 2.52. The number of nitrogens with one attached hydrogen (secondary N) is 1. The number of nitrogens with zero attached hydrogens (tertiary/aromatic N) is 1. The Labute approximate surface area is 139 Å². The molecule has 122 valence electrons. The number of pyridine rings is 1. The summed E-state index contributed by atoms with van der Waals surface area (Å²) in [5.74, 6) is -1.65. The van der Waals surface area contributed by atoms with Gasteiger partial charge >= 0.3 is 5.97 Å². The van der Waals surface area contributed by atoms with E-state index in [-0.39, 0.29) is 16.9 Å². The molecule has 0 radical (unpaired) electrons. The fraction of sp³-hybridized carbons (Fsp3) is 0.0588. The molecule has 0 aliphatic rings. The fourth-order valence-corrected chi connectivity index (χ4v) is 3.01. The SMILES string of the molecule is CS(=O)Nc1c(-c2cccc(F)c2)nc2ccccc2c1C(=O)O. The van der Waals surface area contributed by atoms with Gasteiger partial charge in [0, 0.05) is 17.2 Å². The lowest BCUT2D eigenvalue weighted by atomic mass is 10.0. The van der Waals surface area contributed by atoms with Crippen molar-refractivity contribution >= 4 is 33.5 Å². The van der Waals surface area contributed by atoms with E-state index in [0.717, 1.165) is 0 Å². The molecule has 1 heterocycles. The van der Waals surface area contributed by atoms with E-state index in [4.69, 9.17) is 0 Å². The van der Waals surface area contributed by atoms with Crippen molar-refractivity contribution in [2.45, 2.75) is 0 Å². The number of carboxylic acids is 1.